The fourth-order valence-electron chi connectivity index (χ4n) is 1.91. The van der Waals surface area contributed by atoms with Crippen LogP contribution in [0.2, 0.25) is 5.02 Å². The predicted molar refractivity (Wildman–Crippen MR) is 72.5 cm³/mol. The van der Waals surface area contributed by atoms with Crippen molar-refractivity contribution < 1.29 is 0 Å². The molecule has 16 heavy (non-hydrogen) atoms. The maximum Gasteiger partial charge on any atom is 0.140 e. The van der Waals surface area contributed by atoms with Crippen molar-refractivity contribution in [2.75, 3.05) is 5.32 Å². The van der Waals surface area contributed by atoms with Crippen LogP contribution in [0.3, 0.4) is 0 Å². The molecule has 0 saturated heterocycles. The van der Waals surface area contributed by atoms with Crippen molar-refractivity contribution in [3.63, 3.8) is 0 Å². The van der Waals surface area contributed by atoms with E-state index in [1.807, 2.05) is 6.07 Å². The molecular weight excluding hydrogens is 311 g/mol. The molecule has 2 nitrogen and oxygen atoms in total. The molecular formula is C11H13BrCl2N2. The van der Waals surface area contributed by atoms with Gasteiger partial charge in [-0.15, -0.1) is 11.6 Å². The van der Waals surface area contributed by atoms with E-state index >= 15 is 0 Å². The summed E-state index contributed by atoms with van der Waals surface area (Å²) in [5.41, 5.74) is 0. The summed E-state index contributed by atoms with van der Waals surface area (Å²) in [6.45, 7) is 0. The number of rotatable bonds is 2. The Balaban J connectivity index is 1.98. The van der Waals surface area contributed by atoms with Crippen molar-refractivity contribution in [2.45, 2.75) is 37.1 Å². The molecule has 2 rings (SSSR count). The Morgan fingerprint density at radius 3 is 2.62 bits per heavy atom. The minimum absolute atomic E-state index is 0.347. The molecule has 1 aromatic heterocycles. The van der Waals surface area contributed by atoms with Crippen LogP contribution >= 0.6 is 39.1 Å². The predicted octanol–water partition coefficient (Wildman–Crippen LogP) is 4.46. The Bertz CT molecular complexity index is 365. The molecule has 0 radical (unpaired) electrons. The molecule has 0 spiro atoms. The first-order valence-electron chi connectivity index (χ1n) is 5.37. The average molecular weight is 324 g/mol. The van der Waals surface area contributed by atoms with E-state index in [9.17, 15) is 0 Å². The molecule has 1 aliphatic carbocycles. The van der Waals surface area contributed by atoms with Crippen molar-refractivity contribution in [2.24, 2.45) is 0 Å². The number of halogens is 3. The Kier molecular flexibility index (Phi) is 4.34. The van der Waals surface area contributed by atoms with E-state index < -0.39 is 0 Å². The lowest BCUT2D eigenvalue weighted by Gasteiger charge is -2.26. The molecule has 1 heterocycles. The van der Waals surface area contributed by atoms with Gasteiger partial charge in [0.15, 0.2) is 0 Å². The zero-order valence-corrected chi connectivity index (χ0v) is 11.8. The highest BCUT2D eigenvalue weighted by atomic mass is 79.9. The summed E-state index contributed by atoms with van der Waals surface area (Å²) >= 11 is 15.4. The number of anilines is 1. The molecule has 1 aromatic rings. The topological polar surface area (TPSA) is 24.9 Å². The van der Waals surface area contributed by atoms with Crippen LogP contribution in [0.25, 0.3) is 0 Å². The van der Waals surface area contributed by atoms with E-state index in [1.54, 1.807) is 6.20 Å². The summed E-state index contributed by atoms with van der Waals surface area (Å²) in [6.07, 6.45) is 6.01. The SMILES string of the molecule is Clc1cnc(NC2CCC(Cl)CC2)c(Br)c1. The number of nitrogens with zero attached hydrogens (tertiary/aromatic N) is 1. The van der Waals surface area contributed by atoms with Gasteiger partial charge in [0.05, 0.1) is 9.50 Å². The molecule has 0 unspecified atom stereocenters. The van der Waals surface area contributed by atoms with Crippen molar-refractivity contribution in [1.82, 2.24) is 4.98 Å². The summed E-state index contributed by atoms with van der Waals surface area (Å²) in [7, 11) is 0. The van der Waals surface area contributed by atoms with Gasteiger partial charge in [0, 0.05) is 17.6 Å². The summed E-state index contributed by atoms with van der Waals surface area (Å²) < 4.78 is 0.910. The third-order valence-corrected chi connectivity index (χ3v) is 4.05. The molecule has 0 bridgehead atoms. The van der Waals surface area contributed by atoms with E-state index in [1.165, 1.54) is 0 Å². The van der Waals surface area contributed by atoms with Crippen LogP contribution < -0.4 is 5.32 Å². The van der Waals surface area contributed by atoms with Crippen LogP contribution in [0.1, 0.15) is 25.7 Å². The highest BCUT2D eigenvalue weighted by Gasteiger charge is 2.20. The number of aromatic nitrogens is 1. The molecule has 0 aliphatic heterocycles. The van der Waals surface area contributed by atoms with Gasteiger partial charge in [-0.3, -0.25) is 0 Å². The molecule has 5 heteroatoms. The van der Waals surface area contributed by atoms with Crippen LogP contribution in [0.5, 0.6) is 0 Å². The van der Waals surface area contributed by atoms with E-state index in [-0.39, 0.29) is 0 Å². The molecule has 1 saturated carbocycles. The van der Waals surface area contributed by atoms with Gasteiger partial charge in [-0.2, -0.15) is 0 Å². The quantitative estimate of drug-likeness (QED) is 0.813. The number of hydrogen-bond donors (Lipinski definition) is 1. The maximum absolute atomic E-state index is 6.07. The van der Waals surface area contributed by atoms with Crippen LogP contribution in [0.15, 0.2) is 16.7 Å². The molecule has 88 valence electrons. The second kappa shape index (κ2) is 5.56. The van der Waals surface area contributed by atoms with Gasteiger partial charge in [-0.25, -0.2) is 4.98 Å². The van der Waals surface area contributed by atoms with Crippen LogP contribution in [0.4, 0.5) is 5.82 Å². The highest BCUT2D eigenvalue weighted by Crippen LogP contribution is 2.28. The normalized spacial score (nSPS) is 25.4. The van der Waals surface area contributed by atoms with Gasteiger partial charge in [-0.05, 0) is 47.7 Å². The molecule has 0 amide bonds. The van der Waals surface area contributed by atoms with Crippen molar-refractivity contribution in [3.8, 4) is 0 Å². The van der Waals surface area contributed by atoms with Gasteiger partial charge < -0.3 is 5.32 Å². The molecule has 1 aliphatic rings. The van der Waals surface area contributed by atoms with E-state index in [4.69, 9.17) is 23.2 Å². The molecule has 0 atom stereocenters. The van der Waals surface area contributed by atoms with Gasteiger partial charge in [-0.1, -0.05) is 11.6 Å². The number of hydrogen-bond acceptors (Lipinski definition) is 2. The minimum Gasteiger partial charge on any atom is -0.366 e. The summed E-state index contributed by atoms with van der Waals surface area (Å²) in [4.78, 5) is 4.27. The fourth-order valence-corrected chi connectivity index (χ4v) is 2.92. The zero-order chi connectivity index (χ0) is 11.5. The monoisotopic (exact) mass is 322 g/mol. The van der Waals surface area contributed by atoms with Gasteiger partial charge >= 0.3 is 0 Å². The Morgan fingerprint density at radius 2 is 2.00 bits per heavy atom. The van der Waals surface area contributed by atoms with Crippen LogP contribution in [0, 0.1) is 0 Å². The Labute approximate surface area is 114 Å². The third-order valence-electron chi connectivity index (χ3n) is 2.81. The lowest BCUT2D eigenvalue weighted by molar-refractivity contribution is 0.467. The Morgan fingerprint density at radius 1 is 1.31 bits per heavy atom. The van der Waals surface area contributed by atoms with E-state index in [2.05, 4.69) is 26.2 Å². The van der Waals surface area contributed by atoms with E-state index in [0.29, 0.717) is 16.4 Å². The minimum atomic E-state index is 0.347. The number of pyridine rings is 1. The maximum atomic E-state index is 6.07. The highest BCUT2D eigenvalue weighted by molar-refractivity contribution is 9.10. The average Bonchev–Trinajstić information content (AvgIpc) is 2.25. The van der Waals surface area contributed by atoms with Crippen LogP contribution in [-0.2, 0) is 0 Å². The second-order valence-corrected chi connectivity index (χ2v) is 5.99. The smallest absolute Gasteiger partial charge is 0.140 e. The Hall–Kier alpha value is 0.01000. The third kappa shape index (κ3) is 3.25. The van der Waals surface area contributed by atoms with Gasteiger partial charge in [0.2, 0.25) is 0 Å². The summed E-state index contributed by atoms with van der Waals surface area (Å²) in [6, 6.07) is 2.32. The van der Waals surface area contributed by atoms with Gasteiger partial charge in [0.25, 0.3) is 0 Å². The van der Waals surface area contributed by atoms with Gasteiger partial charge in [0.1, 0.15) is 5.82 Å². The lowest BCUT2D eigenvalue weighted by atomic mass is 9.95. The standard InChI is InChI=1S/C11H13BrCl2N2/c12-10-5-8(14)6-15-11(10)16-9-3-1-7(13)2-4-9/h5-7,9H,1-4H2,(H,15,16). The van der Waals surface area contributed by atoms with Crippen molar-refractivity contribution in [3.05, 3.63) is 21.8 Å². The fraction of sp³-hybridized carbons (Fsp3) is 0.545. The number of nitrogens with one attached hydrogen (secondary N) is 1. The first-order chi connectivity index (χ1) is 7.65. The summed E-state index contributed by atoms with van der Waals surface area (Å²) in [5.74, 6) is 0.863. The largest absolute Gasteiger partial charge is 0.366 e. The molecule has 0 aromatic carbocycles. The first-order valence-corrected chi connectivity index (χ1v) is 6.97. The van der Waals surface area contributed by atoms with E-state index in [0.717, 1.165) is 36.0 Å². The first kappa shape index (κ1) is 12.5. The zero-order valence-electron chi connectivity index (χ0n) is 8.72. The summed E-state index contributed by atoms with van der Waals surface area (Å²) in [5, 5.41) is 4.41. The second-order valence-electron chi connectivity index (χ2n) is 4.08. The molecule has 1 fully saturated rings. The van der Waals surface area contributed by atoms with Crippen molar-refractivity contribution >= 4 is 44.9 Å². The number of alkyl halides is 1. The van der Waals surface area contributed by atoms with Crippen molar-refractivity contribution in [1.29, 1.82) is 0 Å². The molecule has 1 N–H and O–H groups in total. The van der Waals surface area contributed by atoms with Crippen LogP contribution in [-0.4, -0.2) is 16.4 Å². The lowest BCUT2D eigenvalue weighted by Crippen LogP contribution is -2.26.